The number of carbonyl (C=O) groups is 1. The molecule has 0 bridgehead atoms. The molecular weight excluding hydrogens is 323 g/mol. The summed E-state index contributed by atoms with van der Waals surface area (Å²) in [5, 5.41) is 13.0. The summed E-state index contributed by atoms with van der Waals surface area (Å²) < 4.78 is 40.0. The lowest BCUT2D eigenvalue weighted by Gasteiger charge is -2.11. The van der Waals surface area contributed by atoms with Gasteiger partial charge in [0, 0.05) is 13.1 Å². The molecule has 1 amide bonds. The minimum Gasteiger partial charge on any atom is -0.349 e. The molecule has 9 heteroatoms. The van der Waals surface area contributed by atoms with Gasteiger partial charge in [-0.05, 0) is 25.1 Å². The van der Waals surface area contributed by atoms with Crippen molar-refractivity contribution in [2.45, 2.75) is 19.5 Å². The fourth-order valence-electron chi connectivity index (χ4n) is 2.06. The standard InChI is InChI=1S/C15H18F3N5O/c1-2-7-19-8-9-20-14(24)12-10-23(22-21-12)13-6-4-3-5-11(13)15(16,17)18/h3-6,10,19H,2,7-9H2,1H3,(H,20,24). The SMILES string of the molecule is CCCNCCNC(=O)c1cn(-c2ccccc2C(F)(F)F)nn1. The monoisotopic (exact) mass is 341 g/mol. The number of carbonyl (C=O) groups excluding carboxylic acids is 1. The third-order valence-electron chi connectivity index (χ3n) is 3.20. The maximum absolute atomic E-state index is 13.0. The summed E-state index contributed by atoms with van der Waals surface area (Å²) in [6.07, 6.45) is -2.35. The van der Waals surface area contributed by atoms with Crippen LogP contribution in [0.25, 0.3) is 5.69 Å². The summed E-state index contributed by atoms with van der Waals surface area (Å²) in [5.74, 6) is -0.482. The van der Waals surface area contributed by atoms with Crippen LogP contribution in [0.4, 0.5) is 13.2 Å². The normalized spacial score (nSPS) is 11.5. The van der Waals surface area contributed by atoms with Crippen LogP contribution in [0.1, 0.15) is 29.4 Å². The van der Waals surface area contributed by atoms with E-state index in [1.807, 2.05) is 6.92 Å². The average molecular weight is 341 g/mol. The number of nitrogens with one attached hydrogen (secondary N) is 2. The largest absolute Gasteiger partial charge is 0.418 e. The first kappa shape index (κ1) is 17.9. The molecule has 1 aromatic carbocycles. The molecule has 1 heterocycles. The van der Waals surface area contributed by atoms with Gasteiger partial charge in [0.2, 0.25) is 0 Å². The number of para-hydroxylation sites is 1. The third kappa shape index (κ3) is 4.54. The van der Waals surface area contributed by atoms with Crippen LogP contribution in [0.2, 0.25) is 0 Å². The summed E-state index contributed by atoms with van der Waals surface area (Å²) in [6.45, 7) is 3.87. The van der Waals surface area contributed by atoms with E-state index in [1.54, 1.807) is 0 Å². The maximum Gasteiger partial charge on any atom is 0.418 e. The summed E-state index contributed by atoms with van der Waals surface area (Å²) in [6, 6.07) is 4.98. The Morgan fingerprint density at radius 2 is 1.96 bits per heavy atom. The lowest BCUT2D eigenvalue weighted by molar-refractivity contribution is -0.137. The van der Waals surface area contributed by atoms with Crippen LogP contribution in [0.3, 0.4) is 0 Å². The Kier molecular flexibility index (Phi) is 5.91. The molecule has 0 aliphatic carbocycles. The lowest BCUT2D eigenvalue weighted by atomic mass is 10.1. The van der Waals surface area contributed by atoms with E-state index in [2.05, 4.69) is 20.9 Å². The summed E-state index contributed by atoms with van der Waals surface area (Å²) in [5.41, 5.74) is -1.06. The van der Waals surface area contributed by atoms with Crippen LogP contribution in [0.5, 0.6) is 0 Å². The van der Waals surface area contributed by atoms with Gasteiger partial charge in [-0.25, -0.2) is 4.68 Å². The van der Waals surface area contributed by atoms with Crippen molar-refractivity contribution in [2.75, 3.05) is 19.6 Å². The highest BCUT2D eigenvalue weighted by atomic mass is 19.4. The highest BCUT2D eigenvalue weighted by Gasteiger charge is 2.34. The van der Waals surface area contributed by atoms with Crippen LogP contribution in [0, 0.1) is 0 Å². The topological polar surface area (TPSA) is 71.8 Å². The minimum absolute atomic E-state index is 0.0394. The first-order valence-corrected chi connectivity index (χ1v) is 7.51. The molecule has 1 aromatic heterocycles. The van der Waals surface area contributed by atoms with Gasteiger partial charge in [-0.1, -0.05) is 24.3 Å². The zero-order valence-electron chi connectivity index (χ0n) is 13.1. The van der Waals surface area contributed by atoms with Crippen molar-refractivity contribution in [3.63, 3.8) is 0 Å². The van der Waals surface area contributed by atoms with E-state index in [9.17, 15) is 18.0 Å². The first-order chi connectivity index (χ1) is 11.4. The molecule has 0 fully saturated rings. The summed E-state index contributed by atoms with van der Waals surface area (Å²) >= 11 is 0. The number of alkyl halides is 3. The zero-order chi connectivity index (χ0) is 17.6. The highest BCUT2D eigenvalue weighted by Crippen LogP contribution is 2.33. The molecule has 6 nitrogen and oxygen atoms in total. The van der Waals surface area contributed by atoms with Crippen LogP contribution in [-0.4, -0.2) is 40.5 Å². The third-order valence-corrected chi connectivity index (χ3v) is 3.20. The van der Waals surface area contributed by atoms with Crippen LogP contribution >= 0.6 is 0 Å². The lowest BCUT2D eigenvalue weighted by Crippen LogP contribution is -2.32. The van der Waals surface area contributed by atoms with Crippen molar-refractivity contribution < 1.29 is 18.0 Å². The van der Waals surface area contributed by atoms with E-state index in [1.165, 1.54) is 24.4 Å². The quantitative estimate of drug-likeness (QED) is 0.756. The predicted molar refractivity (Wildman–Crippen MR) is 81.9 cm³/mol. The number of nitrogens with zero attached hydrogens (tertiary/aromatic N) is 3. The number of aromatic nitrogens is 3. The second-order valence-electron chi connectivity index (χ2n) is 5.07. The van der Waals surface area contributed by atoms with Gasteiger partial charge in [-0.3, -0.25) is 4.79 Å². The molecule has 0 unspecified atom stereocenters. The van der Waals surface area contributed by atoms with Gasteiger partial charge >= 0.3 is 6.18 Å². The minimum atomic E-state index is -4.52. The number of hydrogen-bond donors (Lipinski definition) is 2. The van der Waals surface area contributed by atoms with Crippen molar-refractivity contribution in [1.29, 1.82) is 0 Å². The molecule has 24 heavy (non-hydrogen) atoms. The van der Waals surface area contributed by atoms with Gasteiger partial charge in [0.25, 0.3) is 5.91 Å². The average Bonchev–Trinajstić information content (AvgIpc) is 3.03. The van der Waals surface area contributed by atoms with Gasteiger partial charge in [-0.2, -0.15) is 13.2 Å². The number of amides is 1. The molecular formula is C15H18F3N5O. The Morgan fingerprint density at radius 1 is 1.21 bits per heavy atom. The first-order valence-electron chi connectivity index (χ1n) is 7.51. The fourth-order valence-corrected chi connectivity index (χ4v) is 2.06. The van der Waals surface area contributed by atoms with Gasteiger partial charge in [0.1, 0.15) is 0 Å². The van der Waals surface area contributed by atoms with Crippen molar-refractivity contribution in [3.05, 3.63) is 41.7 Å². The molecule has 2 rings (SSSR count). The van der Waals surface area contributed by atoms with E-state index in [0.717, 1.165) is 23.7 Å². The number of hydrogen-bond acceptors (Lipinski definition) is 4. The Balaban J connectivity index is 2.07. The zero-order valence-corrected chi connectivity index (χ0v) is 13.1. The predicted octanol–water partition coefficient (Wildman–Crippen LogP) is 2.02. The van der Waals surface area contributed by atoms with Crippen LogP contribution in [-0.2, 0) is 6.18 Å². The van der Waals surface area contributed by atoms with E-state index >= 15 is 0 Å². The van der Waals surface area contributed by atoms with Crippen LogP contribution in [0.15, 0.2) is 30.5 Å². The van der Waals surface area contributed by atoms with E-state index in [0.29, 0.717) is 13.1 Å². The molecule has 0 spiro atoms. The molecule has 0 aliphatic rings. The van der Waals surface area contributed by atoms with Crippen LogP contribution < -0.4 is 10.6 Å². The van der Waals surface area contributed by atoms with Gasteiger partial charge in [0.05, 0.1) is 17.4 Å². The smallest absolute Gasteiger partial charge is 0.349 e. The van der Waals surface area contributed by atoms with Crippen molar-refractivity contribution in [2.24, 2.45) is 0 Å². The van der Waals surface area contributed by atoms with Crippen molar-refractivity contribution >= 4 is 5.91 Å². The summed E-state index contributed by atoms with van der Waals surface area (Å²) in [4.78, 5) is 11.9. The Hall–Kier alpha value is -2.42. The van der Waals surface area contributed by atoms with Crippen molar-refractivity contribution in [3.8, 4) is 5.69 Å². The molecule has 0 saturated heterocycles. The van der Waals surface area contributed by atoms with E-state index < -0.39 is 17.6 Å². The Morgan fingerprint density at radius 3 is 2.67 bits per heavy atom. The second-order valence-corrected chi connectivity index (χ2v) is 5.07. The molecule has 0 aliphatic heterocycles. The van der Waals surface area contributed by atoms with Gasteiger partial charge < -0.3 is 10.6 Å². The molecule has 0 atom stereocenters. The molecule has 0 saturated carbocycles. The second kappa shape index (κ2) is 7.91. The number of halogens is 3. The molecule has 2 N–H and O–H groups in total. The maximum atomic E-state index is 13.0. The fraction of sp³-hybridized carbons (Fsp3) is 0.400. The number of benzene rings is 1. The Labute approximate surface area is 137 Å². The van der Waals surface area contributed by atoms with Gasteiger partial charge in [-0.15, -0.1) is 5.10 Å². The highest BCUT2D eigenvalue weighted by molar-refractivity contribution is 5.91. The van der Waals surface area contributed by atoms with Gasteiger partial charge in [0.15, 0.2) is 5.69 Å². The Bertz CT molecular complexity index is 684. The molecule has 130 valence electrons. The summed E-state index contributed by atoms with van der Waals surface area (Å²) in [7, 11) is 0. The van der Waals surface area contributed by atoms with E-state index in [4.69, 9.17) is 0 Å². The molecule has 0 radical (unpaired) electrons. The number of rotatable bonds is 7. The molecule has 2 aromatic rings. The van der Waals surface area contributed by atoms with Crippen molar-refractivity contribution in [1.82, 2.24) is 25.6 Å². The van der Waals surface area contributed by atoms with E-state index in [-0.39, 0.29) is 11.4 Å².